The van der Waals surface area contributed by atoms with Crippen LogP contribution in [0.2, 0.25) is 0 Å². The molecule has 0 N–H and O–H groups in total. The molecule has 0 spiro atoms. The van der Waals surface area contributed by atoms with E-state index in [2.05, 4.69) is 27.4 Å². The van der Waals surface area contributed by atoms with E-state index in [1.165, 1.54) is 0 Å². The van der Waals surface area contributed by atoms with Gasteiger partial charge in [-0.3, -0.25) is 13.9 Å². The number of piperidine rings is 1. The Morgan fingerprint density at radius 2 is 2.17 bits per heavy atom. The highest BCUT2D eigenvalue weighted by Gasteiger charge is 2.34. The van der Waals surface area contributed by atoms with Gasteiger partial charge in [0, 0.05) is 31.1 Å². The van der Waals surface area contributed by atoms with E-state index in [0.29, 0.717) is 18.2 Å². The van der Waals surface area contributed by atoms with Crippen molar-refractivity contribution in [3.05, 3.63) is 42.1 Å². The summed E-state index contributed by atoms with van der Waals surface area (Å²) in [5.41, 5.74) is 1.36. The lowest BCUT2D eigenvalue weighted by molar-refractivity contribution is -0.111. The van der Waals surface area contributed by atoms with Crippen LogP contribution in [0, 0.1) is 11.3 Å². The second kappa shape index (κ2) is 7.22. The summed E-state index contributed by atoms with van der Waals surface area (Å²) in [5, 5.41) is 16.9. The van der Waals surface area contributed by atoms with Crippen molar-refractivity contribution in [3.8, 4) is 0 Å². The van der Waals surface area contributed by atoms with E-state index in [4.69, 9.17) is 4.74 Å². The van der Waals surface area contributed by atoms with Crippen LogP contribution in [0.25, 0.3) is 5.65 Å². The van der Waals surface area contributed by atoms with Gasteiger partial charge in [-0.05, 0) is 30.9 Å². The summed E-state index contributed by atoms with van der Waals surface area (Å²) >= 11 is 0. The van der Waals surface area contributed by atoms with E-state index in [1.807, 2.05) is 33.7 Å². The Bertz CT molecular complexity index is 1020. The minimum atomic E-state index is -0.0398. The Morgan fingerprint density at radius 3 is 3.00 bits per heavy atom. The lowest BCUT2D eigenvalue weighted by Crippen LogP contribution is -2.43. The third-order valence-electron chi connectivity index (χ3n) is 5.86. The van der Waals surface area contributed by atoms with E-state index in [9.17, 15) is 4.79 Å². The van der Waals surface area contributed by atoms with Crippen molar-refractivity contribution >= 4 is 11.6 Å². The number of carbonyl (C=O) groups is 1. The van der Waals surface area contributed by atoms with Gasteiger partial charge < -0.3 is 9.64 Å². The molecule has 5 rings (SSSR count). The number of aromatic nitrogens is 6. The molecule has 0 aliphatic carbocycles. The summed E-state index contributed by atoms with van der Waals surface area (Å²) < 4.78 is 9.08. The molecule has 2 saturated heterocycles. The smallest absolute Gasteiger partial charge is 0.276 e. The minimum Gasteiger partial charge on any atom is -0.380 e. The molecule has 0 radical (unpaired) electrons. The molecule has 2 aliphatic heterocycles. The van der Waals surface area contributed by atoms with Crippen LogP contribution in [-0.2, 0) is 17.7 Å². The van der Waals surface area contributed by atoms with Crippen LogP contribution in [0.4, 0.5) is 0 Å². The van der Waals surface area contributed by atoms with E-state index >= 15 is 0 Å². The molecule has 152 valence electrons. The summed E-state index contributed by atoms with van der Waals surface area (Å²) in [6, 6.07) is 5.89. The molecule has 0 aromatic carbocycles. The van der Waals surface area contributed by atoms with Crippen molar-refractivity contribution in [2.24, 2.45) is 11.3 Å². The SMILES string of the molecule is CC1(Cn2cc(C(=O)N3CCCC(Cc4nnc5ccccn45)C3)nn2)COC1. The van der Waals surface area contributed by atoms with Crippen LogP contribution < -0.4 is 0 Å². The summed E-state index contributed by atoms with van der Waals surface area (Å²) in [6.45, 7) is 5.79. The average Bonchev–Trinajstić information content (AvgIpc) is 3.34. The van der Waals surface area contributed by atoms with Gasteiger partial charge in [0.1, 0.15) is 5.82 Å². The van der Waals surface area contributed by atoms with E-state index in [0.717, 1.165) is 57.0 Å². The quantitative estimate of drug-likeness (QED) is 0.650. The Hall–Kier alpha value is -2.81. The molecule has 0 saturated carbocycles. The Kier molecular flexibility index (Phi) is 4.54. The monoisotopic (exact) mass is 395 g/mol. The van der Waals surface area contributed by atoms with Crippen LogP contribution in [0.15, 0.2) is 30.6 Å². The molecular weight excluding hydrogens is 370 g/mol. The van der Waals surface area contributed by atoms with Gasteiger partial charge in [0.15, 0.2) is 11.3 Å². The van der Waals surface area contributed by atoms with Gasteiger partial charge in [0.05, 0.1) is 26.0 Å². The highest BCUT2D eigenvalue weighted by molar-refractivity contribution is 5.92. The third-order valence-corrected chi connectivity index (χ3v) is 5.86. The Labute approximate surface area is 168 Å². The fourth-order valence-corrected chi connectivity index (χ4v) is 4.27. The van der Waals surface area contributed by atoms with Crippen molar-refractivity contribution in [2.75, 3.05) is 26.3 Å². The number of nitrogens with zero attached hydrogens (tertiary/aromatic N) is 7. The minimum absolute atomic E-state index is 0.0398. The number of carbonyl (C=O) groups excluding carboxylic acids is 1. The van der Waals surface area contributed by atoms with Gasteiger partial charge in [-0.25, -0.2) is 0 Å². The zero-order valence-corrected chi connectivity index (χ0v) is 16.6. The molecule has 3 aromatic heterocycles. The topological polar surface area (TPSA) is 90.4 Å². The molecule has 1 atom stereocenters. The average molecular weight is 395 g/mol. The van der Waals surface area contributed by atoms with Gasteiger partial charge in [-0.2, -0.15) is 0 Å². The Balaban J connectivity index is 1.24. The van der Waals surface area contributed by atoms with Gasteiger partial charge >= 0.3 is 0 Å². The first-order chi connectivity index (χ1) is 14.1. The first-order valence-corrected chi connectivity index (χ1v) is 10.2. The van der Waals surface area contributed by atoms with Crippen LogP contribution in [0.5, 0.6) is 0 Å². The second-order valence-electron chi connectivity index (χ2n) is 8.61. The summed E-state index contributed by atoms with van der Waals surface area (Å²) in [7, 11) is 0. The molecule has 1 amide bonds. The fourth-order valence-electron chi connectivity index (χ4n) is 4.27. The maximum atomic E-state index is 13.0. The van der Waals surface area contributed by atoms with Crippen LogP contribution >= 0.6 is 0 Å². The van der Waals surface area contributed by atoms with E-state index in [-0.39, 0.29) is 11.3 Å². The number of hydrogen-bond acceptors (Lipinski definition) is 6. The number of ether oxygens (including phenoxy) is 1. The lowest BCUT2D eigenvalue weighted by atomic mass is 9.89. The number of hydrogen-bond donors (Lipinski definition) is 0. The largest absolute Gasteiger partial charge is 0.380 e. The highest BCUT2D eigenvalue weighted by atomic mass is 16.5. The van der Waals surface area contributed by atoms with Crippen molar-refractivity contribution < 1.29 is 9.53 Å². The molecule has 29 heavy (non-hydrogen) atoms. The van der Waals surface area contributed by atoms with Crippen molar-refractivity contribution in [1.82, 2.24) is 34.5 Å². The fraction of sp³-hybridized carbons (Fsp3) is 0.550. The Morgan fingerprint density at radius 1 is 1.28 bits per heavy atom. The second-order valence-corrected chi connectivity index (χ2v) is 8.61. The summed E-state index contributed by atoms with van der Waals surface area (Å²) in [6.07, 6.45) is 6.62. The zero-order chi connectivity index (χ0) is 19.8. The van der Waals surface area contributed by atoms with E-state index < -0.39 is 0 Å². The highest BCUT2D eigenvalue weighted by Crippen LogP contribution is 2.28. The maximum Gasteiger partial charge on any atom is 0.276 e. The predicted octanol–water partition coefficient (Wildman–Crippen LogP) is 1.45. The van der Waals surface area contributed by atoms with Gasteiger partial charge in [0.2, 0.25) is 0 Å². The zero-order valence-electron chi connectivity index (χ0n) is 16.6. The third kappa shape index (κ3) is 3.62. The molecule has 5 heterocycles. The summed E-state index contributed by atoms with van der Waals surface area (Å²) in [5.74, 6) is 1.27. The predicted molar refractivity (Wildman–Crippen MR) is 104 cm³/mol. The molecule has 9 heteroatoms. The van der Waals surface area contributed by atoms with Gasteiger partial charge in [-0.1, -0.05) is 18.2 Å². The van der Waals surface area contributed by atoms with Crippen LogP contribution in [-0.4, -0.2) is 66.7 Å². The lowest BCUT2D eigenvalue weighted by Gasteiger charge is -2.37. The van der Waals surface area contributed by atoms with Gasteiger partial charge in [0.25, 0.3) is 5.91 Å². The standard InChI is InChI=1S/C20H25N7O2/c1-20(13-29-14-20)12-26-11-16(21-24-26)19(28)25-7-4-5-15(10-25)9-18-23-22-17-6-2-3-8-27(17)18/h2-3,6,8,11,15H,4-5,7,9-10,12-14H2,1H3. The molecular formula is C20H25N7O2. The van der Waals surface area contributed by atoms with Crippen molar-refractivity contribution in [2.45, 2.75) is 32.7 Å². The van der Waals surface area contributed by atoms with Gasteiger partial charge in [-0.15, -0.1) is 15.3 Å². The van der Waals surface area contributed by atoms with Crippen LogP contribution in [0.3, 0.4) is 0 Å². The summed E-state index contributed by atoms with van der Waals surface area (Å²) in [4.78, 5) is 14.9. The van der Waals surface area contributed by atoms with Crippen LogP contribution in [0.1, 0.15) is 36.1 Å². The maximum absolute atomic E-state index is 13.0. The molecule has 2 aliphatic rings. The van der Waals surface area contributed by atoms with Crippen molar-refractivity contribution in [1.29, 1.82) is 0 Å². The number of likely N-dealkylation sites (tertiary alicyclic amines) is 1. The normalized spacial score (nSPS) is 21.3. The molecule has 1 unspecified atom stereocenters. The number of rotatable bonds is 5. The molecule has 9 nitrogen and oxygen atoms in total. The number of pyridine rings is 1. The molecule has 2 fully saturated rings. The first-order valence-electron chi connectivity index (χ1n) is 10.2. The molecule has 3 aromatic rings. The van der Waals surface area contributed by atoms with E-state index in [1.54, 1.807) is 10.9 Å². The first kappa shape index (κ1) is 18.2. The van der Waals surface area contributed by atoms with Crippen molar-refractivity contribution in [3.63, 3.8) is 0 Å². The number of fused-ring (bicyclic) bond motifs is 1. The number of amides is 1. The molecule has 0 bridgehead atoms.